The highest BCUT2D eigenvalue weighted by Crippen LogP contribution is 2.06. The van der Waals surface area contributed by atoms with Gasteiger partial charge >= 0.3 is 0 Å². The number of nitrogens with zero attached hydrogens (tertiary/aromatic N) is 2. The normalized spacial score (nSPS) is 7.05. The summed E-state index contributed by atoms with van der Waals surface area (Å²) in [5.74, 6) is 0. The van der Waals surface area contributed by atoms with E-state index in [1.165, 1.54) is 12.1 Å². The number of rotatable bonds is 1. The van der Waals surface area contributed by atoms with Crippen LogP contribution in [0, 0.1) is 10.1 Å². The van der Waals surface area contributed by atoms with Gasteiger partial charge in [-0.05, 0) is 21.1 Å². The molecule has 0 saturated carbocycles. The number of nitro benzene ring substituents is 1. The maximum atomic E-state index is 10.0. The maximum absolute atomic E-state index is 10.0. The van der Waals surface area contributed by atoms with Crippen LogP contribution in [0.25, 0.3) is 0 Å². The summed E-state index contributed by atoms with van der Waals surface area (Å²) in [6.45, 7) is 12.0. The summed E-state index contributed by atoms with van der Waals surface area (Å²) in [6.07, 6.45) is 0. The van der Waals surface area contributed by atoms with Crippen LogP contribution < -0.4 is 0 Å². The average Bonchev–Trinajstić information content (AvgIpc) is 2.46. The molecule has 0 aliphatic rings. The van der Waals surface area contributed by atoms with Crippen molar-refractivity contribution in [3.63, 3.8) is 0 Å². The molecule has 0 atom stereocenters. The van der Waals surface area contributed by atoms with Crippen molar-refractivity contribution in [3.8, 4) is 0 Å². The molecule has 4 heteroatoms. The fraction of sp³-hybridized carbons (Fsp3) is 0.600. The Morgan fingerprint density at radius 3 is 1.26 bits per heavy atom. The number of para-hydroxylation sites is 1. The van der Waals surface area contributed by atoms with E-state index in [4.69, 9.17) is 0 Å². The van der Waals surface area contributed by atoms with Gasteiger partial charge in [0.1, 0.15) is 0 Å². The number of nitro groups is 1. The fourth-order valence-electron chi connectivity index (χ4n) is 0.550. The van der Waals surface area contributed by atoms with Gasteiger partial charge in [-0.25, -0.2) is 0 Å². The molecule has 1 aromatic carbocycles. The Kier molecular flexibility index (Phi) is 35.1. The Morgan fingerprint density at radius 1 is 0.842 bits per heavy atom. The van der Waals surface area contributed by atoms with Crippen LogP contribution in [0.1, 0.15) is 41.5 Å². The van der Waals surface area contributed by atoms with E-state index in [-0.39, 0.29) is 5.69 Å². The molecule has 0 fully saturated rings. The zero-order valence-electron chi connectivity index (χ0n) is 14.1. The van der Waals surface area contributed by atoms with E-state index in [2.05, 4.69) is 0 Å². The van der Waals surface area contributed by atoms with E-state index in [0.717, 1.165) is 0 Å². The first kappa shape index (κ1) is 26.2. The summed E-state index contributed by atoms with van der Waals surface area (Å²) in [5, 5.41) is 10.0. The molecule has 0 aliphatic heterocycles. The Hall–Kier alpha value is -1.42. The second-order valence-corrected chi connectivity index (χ2v) is 2.93. The first-order chi connectivity index (χ1) is 9.04. The lowest BCUT2D eigenvalue weighted by molar-refractivity contribution is -0.384. The molecule has 0 amide bonds. The van der Waals surface area contributed by atoms with Crippen molar-refractivity contribution < 1.29 is 4.92 Å². The molecular weight excluding hydrogens is 240 g/mol. The van der Waals surface area contributed by atoms with Gasteiger partial charge in [0.25, 0.3) is 5.69 Å². The van der Waals surface area contributed by atoms with E-state index in [9.17, 15) is 10.1 Å². The van der Waals surface area contributed by atoms with Gasteiger partial charge in [-0.15, -0.1) is 0 Å². The minimum absolute atomic E-state index is 0.137. The van der Waals surface area contributed by atoms with Gasteiger partial charge in [-0.2, -0.15) is 0 Å². The molecule has 0 aromatic heterocycles. The minimum atomic E-state index is -0.417. The average molecular weight is 272 g/mol. The van der Waals surface area contributed by atoms with Crippen LogP contribution in [0.2, 0.25) is 0 Å². The molecule has 0 N–H and O–H groups in total. The first-order valence-electron chi connectivity index (χ1n) is 6.84. The number of hydrogen-bond donors (Lipinski definition) is 0. The van der Waals surface area contributed by atoms with Gasteiger partial charge in [-0.3, -0.25) is 10.1 Å². The molecule has 19 heavy (non-hydrogen) atoms. The number of non-ortho nitro benzene ring substituents is 1. The van der Waals surface area contributed by atoms with Gasteiger partial charge in [0.15, 0.2) is 0 Å². The van der Waals surface area contributed by atoms with E-state index in [1.54, 1.807) is 18.2 Å². The second kappa shape index (κ2) is 25.4. The van der Waals surface area contributed by atoms with Gasteiger partial charge in [-0.1, -0.05) is 59.7 Å². The Bertz CT molecular complexity index is 247. The third-order valence-corrected chi connectivity index (χ3v) is 0.967. The smallest absolute Gasteiger partial charge is 0.269 e. The molecule has 0 heterocycles. The molecule has 0 saturated heterocycles. The predicted molar refractivity (Wildman–Crippen MR) is 86.8 cm³/mol. The molecule has 4 nitrogen and oxygen atoms in total. The summed E-state index contributed by atoms with van der Waals surface area (Å²) in [7, 11) is 6.00. The molecule has 114 valence electrons. The summed E-state index contributed by atoms with van der Waals surface area (Å²) in [4.78, 5) is 11.6. The lowest BCUT2D eigenvalue weighted by Gasteiger charge is -1.90. The van der Waals surface area contributed by atoms with Gasteiger partial charge < -0.3 is 4.90 Å². The SMILES string of the molecule is CC.CC.CC.CN(C)C.O=[N+]([O-])c1ccccc1. The summed E-state index contributed by atoms with van der Waals surface area (Å²) < 4.78 is 0. The van der Waals surface area contributed by atoms with Gasteiger partial charge in [0.2, 0.25) is 0 Å². The lowest BCUT2D eigenvalue weighted by atomic mass is 10.3. The largest absolute Gasteiger partial charge is 0.312 e. The van der Waals surface area contributed by atoms with E-state index in [0.29, 0.717) is 0 Å². The van der Waals surface area contributed by atoms with Crippen LogP contribution in [0.4, 0.5) is 5.69 Å². The molecule has 0 aliphatic carbocycles. The van der Waals surface area contributed by atoms with Crippen molar-refractivity contribution in [1.29, 1.82) is 0 Å². The third kappa shape index (κ3) is 31.5. The van der Waals surface area contributed by atoms with Crippen LogP contribution in [0.3, 0.4) is 0 Å². The highest BCUT2D eigenvalue weighted by Gasteiger charge is 1.98. The van der Waals surface area contributed by atoms with Crippen molar-refractivity contribution >= 4 is 5.69 Å². The molecule has 0 bridgehead atoms. The van der Waals surface area contributed by atoms with Crippen molar-refractivity contribution in [1.82, 2.24) is 4.90 Å². The highest BCUT2D eigenvalue weighted by molar-refractivity contribution is 5.27. The quantitative estimate of drug-likeness (QED) is 0.542. The van der Waals surface area contributed by atoms with Crippen molar-refractivity contribution in [2.75, 3.05) is 21.1 Å². The fourth-order valence-corrected chi connectivity index (χ4v) is 0.550. The van der Waals surface area contributed by atoms with Gasteiger partial charge in [0.05, 0.1) is 4.92 Å². The van der Waals surface area contributed by atoms with Crippen LogP contribution in [0.5, 0.6) is 0 Å². The zero-order chi connectivity index (χ0) is 16.3. The monoisotopic (exact) mass is 272 g/mol. The van der Waals surface area contributed by atoms with Crippen LogP contribution in [-0.4, -0.2) is 31.0 Å². The third-order valence-electron chi connectivity index (χ3n) is 0.967. The Labute approximate surface area is 119 Å². The molecule has 0 spiro atoms. The van der Waals surface area contributed by atoms with E-state index in [1.807, 2.05) is 67.6 Å². The van der Waals surface area contributed by atoms with Crippen molar-refractivity contribution in [2.45, 2.75) is 41.5 Å². The van der Waals surface area contributed by atoms with Crippen LogP contribution >= 0.6 is 0 Å². The number of benzene rings is 1. The highest BCUT2D eigenvalue weighted by atomic mass is 16.6. The first-order valence-corrected chi connectivity index (χ1v) is 6.84. The summed E-state index contributed by atoms with van der Waals surface area (Å²) in [5.41, 5.74) is 0.137. The van der Waals surface area contributed by atoms with Crippen LogP contribution in [-0.2, 0) is 0 Å². The zero-order valence-corrected chi connectivity index (χ0v) is 14.1. The molecular formula is C15H32N2O2. The van der Waals surface area contributed by atoms with Crippen molar-refractivity contribution in [3.05, 3.63) is 40.4 Å². The maximum Gasteiger partial charge on any atom is 0.269 e. The summed E-state index contributed by atoms with van der Waals surface area (Å²) >= 11 is 0. The standard InChI is InChI=1S/C6H5NO2.C3H9N.3C2H6/c8-7(9)6-4-2-1-3-5-6;1-4(2)3;3*1-2/h1-5H;1-3H3;3*1-2H3. The van der Waals surface area contributed by atoms with Crippen molar-refractivity contribution in [2.24, 2.45) is 0 Å². The summed E-state index contributed by atoms with van der Waals surface area (Å²) in [6, 6.07) is 7.93. The topological polar surface area (TPSA) is 46.4 Å². The minimum Gasteiger partial charge on any atom is -0.312 e. The lowest BCUT2D eigenvalue weighted by Crippen LogP contribution is -1.99. The second-order valence-electron chi connectivity index (χ2n) is 2.93. The molecule has 0 unspecified atom stereocenters. The molecule has 1 rings (SSSR count). The van der Waals surface area contributed by atoms with E-state index < -0.39 is 4.92 Å². The van der Waals surface area contributed by atoms with Gasteiger partial charge in [0, 0.05) is 12.1 Å². The Balaban J connectivity index is -0.0000000957. The Morgan fingerprint density at radius 2 is 1.11 bits per heavy atom. The predicted octanol–water partition coefficient (Wildman–Crippen LogP) is 4.85. The van der Waals surface area contributed by atoms with E-state index >= 15 is 0 Å². The van der Waals surface area contributed by atoms with Crippen LogP contribution in [0.15, 0.2) is 30.3 Å². The number of hydrogen-bond acceptors (Lipinski definition) is 3. The molecule has 1 aromatic rings. The molecule has 0 radical (unpaired) electrons.